The van der Waals surface area contributed by atoms with Gasteiger partial charge in [0.1, 0.15) is 11.5 Å². The largest absolute Gasteiger partial charge is 0.469 e. The summed E-state index contributed by atoms with van der Waals surface area (Å²) < 4.78 is 10.4. The van der Waals surface area contributed by atoms with E-state index in [1.807, 2.05) is 12.1 Å². The van der Waals surface area contributed by atoms with Crippen molar-refractivity contribution in [3.63, 3.8) is 0 Å². The van der Waals surface area contributed by atoms with E-state index in [0.717, 1.165) is 30.9 Å². The molecule has 2 rings (SSSR count). The van der Waals surface area contributed by atoms with Crippen LogP contribution in [-0.2, 0) is 13.0 Å². The molecule has 0 amide bonds. The lowest BCUT2D eigenvalue weighted by Gasteiger charge is -2.11. The molecule has 2 aromatic heterocycles. The highest BCUT2D eigenvalue weighted by atomic mass is 16.3. The van der Waals surface area contributed by atoms with Crippen molar-refractivity contribution in [2.45, 2.75) is 32.4 Å². The first-order valence-electron chi connectivity index (χ1n) is 5.48. The molecule has 0 aliphatic rings. The molecule has 0 bridgehead atoms. The lowest BCUT2D eigenvalue weighted by molar-refractivity contribution is 0.427. The van der Waals surface area contributed by atoms with Gasteiger partial charge in [-0.05, 0) is 25.5 Å². The van der Waals surface area contributed by atoms with Crippen molar-refractivity contribution >= 4 is 0 Å². The van der Waals surface area contributed by atoms with E-state index >= 15 is 0 Å². The minimum Gasteiger partial charge on any atom is -0.469 e. The van der Waals surface area contributed by atoms with Crippen molar-refractivity contribution in [2.75, 3.05) is 0 Å². The average molecular weight is 220 g/mol. The number of furan rings is 1. The quantitative estimate of drug-likeness (QED) is 0.812. The molecule has 0 saturated carbocycles. The molecule has 0 aliphatic carbocycles. The Labute approximate surface area is 94.7 Å². The summed E-state index contributed by atoms with van der Waals surface area (Å²) in [6.45, 7) is 2.87. The summed E-state index contributed by atoms with van der Waals surface area (Å²) in [4.78, 5) is 3.87. The molecule has 1 N–H and O–H groups in total. The van der Waals surface area contributed by atoms with E-state index in [9.17, 15) is 0 Å². The first kappa shape index (κ1) is 11.0. The predicted molar refractivity (Wildman–Crippen MR) is 59.8 cm³/mol. The van der Waals surface area contributed by atoms with Crippen LogP contribution in [0.3, 0.4) is 0 Å². The van der Waals surface area contributed by atoms with Crippen molar-refractivity contribution in [1.82, 2.24) is 10.3 Å². The Kier molecular flexibility index (Phi) is 3.77. The summed E-state index contributed by atoms with van der Waals surface area (Å²) in [6, 6.07) is 4.35. The smallest absolute Gasteiger partial charge is 0.180 e. The second-order valence-electron chi connectivity index (χ2n) is 3.87. The molecular formula is C12H16N2O2. The molecule has 16 heavy (non-hydrogen) atoms. The van der Waals surface area contributed by atoms with Gasteiger partial charge in [-0.2, -0.15) is 0 Å². The van der Waals surface area contributed by atoms with Crippen LogP contribution in [0.4, 0.5) is 0 Å². The van der Waals surface area contributed by atoms with Crippen LogP contribution in [-0.4, -0.2) is 11.0 Å². The van der Waals surface area contributed by atoms with Crippen LogP contribution in [0.1, 0.15) is 24.9 Å². The second-order valence-corrected chi connectivity index (χ2v) is 3.87. The van der Waals surface area contributed by atoms with Gasteiger partial charge in [-0.1, -0.05) is 0 Å². The third-order valence-corrected chi connectivity index (χ3v) is 2.51. The molecule has 2 aromatic rings. The van der Waals surface area contributed by atoms with E-state index in [2.05, 4.69) is 17.2 Å². The minimum absolute atomic E-state index is 0.426. The van der Waals surface area contributed by atoms with Gasteiger partial charge in [-0.3, -0.25) is 0 Å². The van der Waals surface area contributed by atoms with Gasteiger partial charge in [0, 0.05) is 12.5 Å². The van der Waals surface area contributed by atoms with Crippen LogP contribution in [0.15, 0.2) is 39.8 Å². The number of oxazole rings is 1. The monoisotopic (exact) mass is 220 g/mol. The molecule has 4 nitrogen and oxygen atoms in total. The van der Waals surface area contributed by atoms with Crippen LogP contribution in [0, 0.1) is 0 Å². The fourth-order valence-electron chi connectivity index (χ4n) is 1.52. The minimum atomic E-state index is 0.426. The highest BCUT2D eigenvalue weighted by Crippen LogP contribution is 2.06. The highest BCUT2D eigenvalue weighted by Gasteiger charge is 2.04. The van der Waals surface area contributed by atoms with Gasteiger partial charge in [0.15, 0.2) is 6.39 Å². The van der Waals surface area contributed by atoms with E-state index in [-0.39, 0.29) is 0 Å². The maximum absolute atomic E-state index is 5.28. The summed E-state index contributed by atoms with van der Waals surface area (Å²) in [5, 5.41) is 3.37. The SMILES string of the molecule is CC(CCc1ccco1)NCc1cnco1. The van der Waals surface area contributed by atoms with Gasteiger partial charge in [-0.15, -0.1) is 0 Å². The summed E-state index contributed by atoms with van der Waals surface area (Å²) in [5.74, 6) is 1.90. The molecule has 2 heterocycles. The third-order valence-electron chi connectivity index (χ3n) is 2.51. The number of aryl methyl sites for hydroxylation is 1. The Morgan fingerprint density at radius 2 is 2.31 bits per heavy atom. The van der Waals surface area contributed by atoms with Crippen LogP contribution in [0.2, 0.25) is 0 Å². The zero-order chi connectivity index (χ0) is 11.2. The fraction of sp³-hybridized carbons (Fsp3) is 0.417. The van der Waals surface area contributed by atoms with Crippen molar-refractivity contribution < 1.29 is 8.83 Å². The molecule has 4 heteroatoms. The first-order valence-corrected chi connectivity index (χ1v) is 5.48. The number of hydrogen-bond acceptors (Lipinski definition) is 4. The Morgan fingerprint density at radius 1 is 1.38 bits per heavy atom. The first-order chi connectivity index (χ1) is 7.84. The fourth-order valence-corrected chi connectivity index (χ4v) is 1.52. The predicted octanol–water partition coefficient (Wildman–Crippen LogP) is 2.38. The van der Waals surface area contributed by atoms with Gasteiger partial charge in [-0.25, -0.2) is 4.98 Å². The molecule has 0 radical (unpaired) electrons. The topological polar surface area (TPSA) is 51.2 Å². The van der Waals surface area contributed by atoms with E-state index in [4.69, 9.17) is 8.83 Å². The van der Waals surface area contributed by atoms with Gasteiger partial charge in [0.2, 0.25) is 0 Å². The number of aromatic nitrogens is 1. The Morgan fingerprint density at radius 3 is 3.00 bits per heavy atom. The maximum atomic E-state index is 5.28. The summed E-state index contributed by atoms with van der Waals surface area (Å²) in [7, 11) is 0. The summed E-state index contributed by atoms with van der Waals surface area (Å²) >= 11 is 0. The zero-order valence-electron chi connectivity index (χ0n) is 9.35. The van der Waals surface area contributed by atoms with Crippen molar-refractivity contribution in [1.29, 1.82) is 0 Å². The molecule has 0 fully saturated rings. The molecule has 86 valence electrons. The molecule has 0 aliphatic heterocycles. The summed E-state index contributed by atoms with van der Waals surface area (Å²) in [5.41, 5.74) is 0. The van der Waals surface area contributed by atoms with Crippen LogP contribution in [0.5, 0.6) is 0 Å². The van der Waals surface area contributed by atoms with E-state index < -0.39 is 0 Å². The lowest BCUT2D eigenvalue weighted by atomic mass is 10.1. The van der Waals surface area contributed by atoms with Gasteiger partial charge < -0.3 is 14.2 Å². The molecule has 0 saturated heterocycles. The van der Waals surface area contributed by atoms with Gasteiger partial charge >= 0.3 is 0 Å². The van der Waals surface area contributed by atoms with Crippen molar-refractivity contribution in [2.24, 2.45) is 0 Å². The molecular weight excluding hydrogens is 204 g/mol. The van der Waals surface area contributed by atoms with E-state index in [0.29, 0.717) is 6.04 Å². The summed E-state index contributed by atoms with van der Waals surface area (Å²) in [6.07, 6.45) is 6.89. The van der Waals surface area contributed by atoms with E-state index in [1.54, 1.807) is 12.5 Å². The Hall–Kier alpha value is -1.55. The van der Waals surface area contributed by atoms with Crippen LogP contribution in [0.25, 0.3) is 0 Å². The van der Waals surface area contributed by atoms with Crippen molar-refractivity contribution in [3.8, 4) is 0 Å². The Bertz CT molecular complexity index is 343. The van der Waals surface area contributed by atoms with Crippen LogP contribution < -0.4 is 5.32 Å². The molecule has 0 aromatic carbocycles. The molecule has 0 spiro atoms. The number of rotatable bonds is 6. The Balaban J connectivity index is 1.66. The van der Waals surface area contributed by atoms with Gasteiger partial charge in [0.25, 0.3) is 0 Å². The number of hydrogen-bond donors (Lipinski definition) is 1. The lowest BCUT2D eigenvalue weighted by Crippen LogP contribution is -2.25. The highest BCUT2D eigenvalue weighted by molar-refractivity contribution is 4.98. The standard InChI is InChI=1S/C12H16N2O2/c1-10(4-5-11-3-2-6-15-11)14-8-12-7-13-9-16-12/h2-3,6-7,9-10,14H,4-5,8H2,1H3. The van der Waals surface area contributed by atoms with Crippen molar-refractivity contribution in [3.05, 3.63) is 42.5 Å². The second kappa shape index (κ2) is 5.51. The molecule has 1 atom stereocenters. The third kappa shape index (κ3) is 3.24. The average Bonchev–Trinajstić information content (AvgIpc) is 2.96. The van der Waals surface area contributed by atoms with E-state index in [1.165, 1.54) is 6.39 Å². The zero-order valence-corrected chi connectivity index (χ0v) is 9.35. The number of nitrogens with one attached hydrogen (secondary N) is 1. The van der Waals surface area contributed by atoms with Crippen LogP contribution >= 0.6 is 0 Å². The maximum Gasteiger partial charge on any atom is 0.180 e. The number of nitrogens with zero attached hydrogens (tertiary/aromatic N) is 1. The van der Waals surface area contributed by atoms with Gasteiger partial charge in [0.05, 0.1) is 19.0 Å². The normalized spacial score (nSPS) is 12.8. The molecule has 1 unspecified atom stereocenters.